The Labute approximate surface area is 117 Å². The van der Waals surface area contributed by atoms with E-state index in [1.165, 1.54) is 6.42 Å². The van der Waals surface area contributed by atoms with Crippen molar-refractivity contribution in [1.29, 1.82) is 0 Å². The van der Waals surface area contributed by atoms with Crippen molar-refractivity contribution in [3.63, 3.8) is 0 Å². The molecule has 106 valence electrons. The second-order valence-electron chi connectivity index (χ2n) is 5.27. The molecule has 1 aromatic rings. The molecular formula is C13H21N3O2S. The lowest BCUT2D eigenvalue weighted by molar-refractivity contribution is 0.0209. The van der Waals surface area contributed by atoms with Gasteiger partial charge in [-0.3, -0.25) is 4.90 Å². The number of morpholine rings is 1. The molecular weight excluding hydrogens is 262 g/mol. The first-order valence-corrected chi connectivity index (χ1v) is 7.82. The molecule has 6 heteroatoms. The van der Waals surface area contributed by atoms with Gasteiger partial charge in [0, 0.05) is 37.6 Å². The van der Waals surface area contributed by atoms with Gasteiger partial charge >= 0.3 is 0 Å². The number of aliphatic hydroxyl groups is 1. The first kappa shape index (κ1) is 13.3. The summed E-state index contributed by atoms with van der Waals surface area (Å²) in [5.74, 6) is 0. The van der Waals surface area contributed by atoms with Crippen molar-refractivity contribution in [3.8, 4) is 0 Å². The highest BCUT2D eigenvalue weighted by Gasteiger charge is 2.30. The summed E-state index contributed by atoms with van der Waals surface area (Å²) in [6, 6.07) is 0.628. The van der Waals surface area contributed by atoms with Crippen LogP contribution in [-0.4, -0.2) is 60.4 Å². The first-order chi connectivity index (χ1) is 9.24. The van der Waals surface area contributed by atoms with Crippen LogP contribution in [0.1, 0.15) is 25.1 Å². The Morgan fingerprint density at radius 2 is 2.21 bits per heavy atom. The number of rotatable bonds is 3. The van der Waals surface area contributed by atoms with Gasteiger partial charge in [0.2, 0.25) is 0 Å². The summed E-state index contributed by atoms with van der Waals surface area (Å²) in [4.78, 5) is 9.40. The van der Waals surface area contributed by atoms with E-state index in [9.17, 15) is 5.11 Å². The standard InChI is InChI=1S/C13H21N3O2S/c1-10(17)12-9-19-13(14-12)16-3-2-11(8-16)15-4-6-18-7-5-15/h9-11,17H,2-8H2,1H3. The Balaban J connectivity index is 1.61. The lowest BCUT2D eigenvalue weighted by Gasteiger charge is -2.32. The Morgan fingerprint density at radius 3 is 2.89 bits per heavy atom. The van der Waals surface area contributed by atoms with Gasteiger partial charge in [-0.05, 0) is 13.3 Å². The third-order valence-corrected chi connectivity index (χ3v) is 4.85. The minimum atomic E-state index is -0.470. The molecule has 0 aromatic carbocycles. The van der Waals surface area contributed by atoms with Crippen molar-refractivity contribution < 1.29 is 9.84 Å². The number of aromatic nitrogens is 1. The molecule has 2 unspecified atom stereocenters. The summed E-state index contributed by atoms with van der Waals surface area (Å²) in [6.45, 7) is 7.70. The van der Waals surface area contributed by atoms with Gasteiger partial charge in [0.15, 0.2) is 5.13 Å². The molecule has 1 aromatic heterocycles. The fourth-order valence-corrected chi connectivity index (χ4v) is 3.72. The monoisotopic (exact) mass is 283 g/mol. The van der Waals surface area contributed by atoms with Crippen molar-refractivity contribution in [3.05, 3.63) is 11.1 Å². The molecule has 0 spiro atoms. The van der Waals surface area contributed by atoms with Crippen LogP contribution in [0.15, 0.2) is 5.38 Å². The Kier molecular flexibility index (Phi) is 4.02. The van der Waals surface area contributed by atoms with Crippen LogP contribution in [0.4, 0.5) is 5.13 Å². The van der Waals surface area contributed by atoms with E-state index in [0.29, 0.717) is 6.04 Å². The molecule has 5 nitrogen and oxygen atoms in total. The van der Waals surface area contributed by atoms with Crippen LogP contribution in [0, 0.1) is 0 Å². The molecule has 0 saturated carbocycles. The minimum absolute atomic E-state index is 0.470. The second kappa shape index (κ2) is 5.75. The first-order valence-electron chi connectivity index (χ1n) is 6.94. The molecule has 0 radical (unpaired) electrons. The third-order valence-electron chi connectivity index (χ3n) is 3.93. The molecule has 19 heavy (non-hydrogen) atoms. The Hall–Kier alpha value is -0.690. The zero-order valence-electron chi connectivity index (χ0n) is 11.3. The summed E-state index contributed by atoms with van der Waals surface area (Å²) < 4.78 is 5.41. The van der Waals surface area contributed by atoms with Crippen molar-refractivity contribution in [1.82, 2.24) is 9.88 Å². The van der Waals surface area contributed by atoms with E-state index in [2.05, 4.69) is 14.8 Å². The Bertz CT molecular complexity index is 418. The van der Waals surface area contributed by atoms with Gasteiger partial charge in [0.1, 0.15) is 0 Å². The van der Waals surface area contributed by atoms with Crippen LogP contribution >= 0.6 is 11.3 Å². The maximum Gasteiger partial charge on any atom is 0.185 e. The fourth-order valence-electron chi connectivity index (χ4n) is 2.77. The zero-order valence-corrected chi connectivity index (χ0v) is 12.1. The van der Waals surface area contributed by atoms with Gasteiger partial charge in [-0.25, -0.2) is 4.98 Å². The van der Waals surface area contributed by atoms with Crippen molar-refractivity contribution in [2.24, 2.45) is 0 Å². The number of ether oxygens (including phenoxy) is 1. The number of hydrogen-bond donors (Lipinski definition) is 1. The predicted octanol–water partition coefficient (Wildman–Crippen LogP) is 1.11. The van der Waals surface area contributed by atoms with Crippen LogP contribution in [0.3, 0.4) is 0 Å². The summed E-state index contributed by atoms with van der Waals surface area (Å²) in [7, 11) is 0. The minimum Gasteiger partial charge on any atom is -0.387 e. The highest BCUT2D eigenvalue weighted by Crippen LogP contribution is 2.28. The Morgan fingerprint density at radius 1 is 1.42 bits per heavy atom. The number of aliphatic hydroxyl groups excluding tert-OH is 1. The van der Waals surface area contributed by atoms with Gasteiger partial charge in [-0.1, -0.05) is 0 Å². The molecule has 2 fully saturated rings. The molecule has 2 aliphatic rings. The van der Waals surface area contributed by atoms with Gasteiger partial charge in [0.05, 0.1) is 25.0 Å². The second-order valence-corrected chi connectivity index (χ2v) is 6.10. The largest absolute Gasteiger partial charge is 0.387 e. The molecule has 0 bridgehead atoms. The van der Waals surface area contributed by atoms with Crippen molar-refractivity contribution >= 4 is 16.5 Å². The van der Waals surface area contributed by atoms with E-state index >= 15 is 0 Å². The highest BCUT2D eigenvalue weighted by atomic mass is 32.1. The predicted molar refractivity (Wildman–Crippen MR) is 75.8 cm³/mol. The van der Waals surface area contributed by atoms with Crippen LogP contribution in [0.25, 0.3) is 0 Å². The smallest absolute Gasteiger partial charge is 0.185 e. The zero-order chi connectivity index (χ0) is 13.2. The van der Waals surface area contributed by atoms with Crippen molar-refractivity contribution in [2.75, 3.05) is 44.3 Å². The van der Waals surface area contributed by atoms with Gasteiger partial charge in [-0.2, -0.15) is 0 Å². The molecule has 0 aliphatic carbocycles. The summed E-state index contributed by atoms with van der Waals surface area (Å²) >= 11 is 1.64. The number of nitrogens with zero attached hydrogens (tertiary/aromatic N) is 3. The van der Waals surface area contributed by atoms with E-state index in [-0.39, 0.29) is 0 Å². The van der Waals surface area contributed by atoms with Gasteiger partial charge in [0.25, 0.3) is 0 Å². The highest BCUT2D eigenvalue weighted by molar-refractivity contribution is 7.13. The number of anilines is 1. The average Bonchev–Trinajstić information content (AvgIpc) is 3.09. The average molecular weight is 283 g/mol. The van der Waals surface area contributed by atoms with E-state index < -0.39 is 6.10 Å². The fraction of sp³-hybridized carbons (Fsp3) is 0.769. The topological polar surface area (TPSA) is 48.8 Å². The van der Waals surface area contributed by atoms with Crippen LogP contribution in [-0.2, 0) is 4.74 Å². The summed E-state index contributed by atoms with van der Waals surface area (Å²) in [5, 5.41) is 12.5. The van der Waals surface area contributed by atoms with Gasteiger partial charge in [-0.15, -0.1) is 11.3 Å². The van der Waals surface area contributed by atoms with Gasteiger partial charge < -0.3 is 14.7 Å². The number of hydrogen-bond acceptors (Lipinski definition) is 6. The normalized spacial score (nSPS) is 26.8. The van der Waals surface area contributed by atoms with Crippen LogP contribution < -0.4 is 4.90 Å². The SMILES string of the molecule is CC(O)c1csc(N2CCC(N3CCOCC3)C2)n1. The van der Waals surface area contributed by atoms with Crippen LogP contribution in [0.5, 0.6) is 0 Å². The maximum atomic E-state index is 9.54. The molecule has 2 aliphatic heterocycles. The molecule has 2 saturated heterocycles. The third kappa shape index (κ3) is 2.91. The van der Waals surface area contributed by atoms with E-state index in [0.717, 1.165) is 50.2 Å². The maximum absolute atomic E-state index is 9.54. The molecule has 1 N–H and O–H groups in total. The lowest BCUT2D eigenvalue weighted by atomic mass is 10.2. The lowest BCUT2D eigenvalue weighted by Crippen LogP contribution is -2.44. The molecule has 3 rings (SSSR count). The molecule has 2 atom stereocenters. The van der Waals surface area contributed by atoms with E-state index in [1.54, 1.807) is 18.3 Å². The summed E-state index contributed by atoms with van der Waals surface area (Å²) in [5.41, 5.74) is 0.787. The van der Waals surface area contributed by atoms with E-state index in [1.807, 2.05) is 5.38 Å². The quantitative estimate of drug-likeness (QED) is 0.900. The van der Waals surface area contributed by atoms with Crippen molar-refractivity contribution in [2.45, 2.75) is 25.5 Å². The summed E-state index contributed by atoms with van der Waals surface area (Å²) in [6.07, 6.45) is 0.728. The number of thiazole rings is 1. The van der Waals surface area contributed by atoms with Crippen LogP contribution in [0.2, 0.25) is 0 Å². The molecule has 0 amide bonds. The molecule has 3 heterocycles. The van der Waals surface area contributed by atoms with E-state index in [4.69, 9.17) is 4.74 Å².